The highest BCUT2D eigenvalue weighted by Crippen LogP contribution is 2.06. The first-order chi connectivity index (χ1) is 8.61. The smallest absolute Gasteiger partial charge is 0.418 e. The first-order valence-electron chi connectivity index (χ1n) is 5.56. The van der Waals surface area contributed by atoms with Crippen molar-refractivity contribution < 1.29 is 26.6 Å². The van der Waals surface area contributed by atoms with E-state index >= 15 is 0 Å². The van der Waals surface area contributed by atoms with E-state index in [0.29, 0.717) is 6.42 Å². The van der Waals surface area contributed by atoms with Gasteiger partial charge in [0.15, 0.2) is 11.5 Å². The molecule has 7 heteroatoms. The minimum atomic E-state index is -6.00. The minimum Gasteiger partial charge on any atom is -0.418 e. The Hall–Kier alpha value is -1.66. The lowest BCUT2D eigenvalue weighted by molar-refractivity contribution is -0.465. The molecule has 2 nitrogen and oxygen atoms in total. The van der Waals surface area contributed by atoms with Crippen LogP contribution in [0.1, 0.15) is 23.7 Å². The van der Waals surface area contributed by atoms with Gasteiger partial charge in [-0.2, -0.15) is 0 Å². The van der Waals surface area contributed by atoms with Gasteiger partial charge in [0, 0.05) is 12.5 Å². The summed E-state index contributed by atoms with van der Waals surface area (Å²) in [7, 11) is -2.10. The van der Waals surface area contributed by atoms with Gasteiger partial charge in [-0.25, -0.2) is 4.58 Å². The van der Waals surface area contributed by atoms with Gasteiger partial charge in [-0.3, -0.25) is 4.79 Å². The molecule has 0 bridgehead atoms. The maximum atomic E-state index is 11.7. The summed E-state index contributed by atoms with van der Waals surface area (Å²) in [5.74, 6) is 0.178. The summed E-state index contributed by atoms with van der Waals surface area (Å²) in [6.45, 7) is 1.97. The van der Waals surface area contributed by atoms with Crippen LogP contribution >= 0.6 is 0 Å². The molecule has 0 spiro atoms. The quantitative estimate of drug-likeness (QED) is 0.273. The number of Topliss-reactive ketones (excluding diaryl/α,β-unsaturated/α-hetero) is 1. The molecular weight excluding hydrogens is 261 g/mol. The number of ketones is 1. The van der Waals surface area contributed by atoms with Crippen molar-refractivity contribution >= 4 is 18.7 Å². The predicted octanol–water partition coefficient (Wildman–Crippen LogP) is 3.29. The molecule has 1 aromatic carbocycles. The maximum absolute atomic E-state index is 11.7. The Morgan fingerprint density at radius 2 is 1.53 bits per heavy atom. The van der Waals surface area contributed by atoms with Crippen LogP contribution in [-0.4, -0.2) is 37.4 Å². The Morgan fingerprint density at radius 1 is 1.11 bits per heavy atom. The highest BCUT2D eigenvalue weighted by molar-refractivity contribution is 6.50. The topological polar surface area (TPSA) is 20.1 Å². The summed E-state index contributed by atoms with van der Waals surface area (Å²) in [5.41, 5.74) is 1.87. The van der Waals surface area contributed by atoms with E-state index in [0.717, 1.165) is 11.3 Å². The van der Waals surface area contributed by atoms with E-state index in [1.54, 1.807) is 0 Å². The SMILES string of the molecule is CC(CC(=O)c1ccccc1)=[N+](C)C.F[B-](F)(F)F. The lowest BCUT2D eigenvalue weighted by Crippen LogP contribution is -2.14. The van der Waals surface area contributed by atoms with E-state index in [4.69, 9.17) is 0 Å². The number of hydrogen-bond donors (Lipinski definition) is 0. The molecule has 1 aromatic rings. The van der Waals surface area contributed by atoms with E-state index in [1.165, 1.54) is 0 Å². The molecule has 0 amide bonds. The van der Waals surface area contributed by atoms with Crippen molar-refractivity contribution in [3.8, 4) is 0 Å². The van der Waals surface area contributed by atoms with Gasteiger partial charge in [0.1, 0.15) is 14.1 Å². The van der Waals surface area contributed by atoms with Gasteiger partial charge in [0.25, 0.3) is 0 Å². The second-order valence-corrected chi connectivity index (χ2v) is 4.09. The van der Waals surface area contributed by atoms with Gasteiger partial charge in [0.05, 0.1) is 6.42 Å². The number of halogens is 4. The molecule has 0 saturated carbocycles. The van der Waals surface area contributed by atoms with E-state index in [9.17, 15) is 22.1 Å². The summed E-state index contributed by atoms with van der Waals surface area (Å²) in [6, 6.07) is 9.40. The van der Waals surface area contributed by atoms with Gasteiger partial charge in [-0.05, 0) is 0 Å². The molecule has 19 heavy (non-hydrogen) atoms. The van der Waals surface area contributed by atoms with Gasteiger partial charge in [-0.1, -0.05) is 30.3 Å². The second-order valence-electron chi connectivity index (χ2n) is 4.09. The lowest BCUT2D eigenvalue weighted by Gasteiger charge is -1.99. The molecule has 0 aliphatic rings. The zero-order valence-electron chi connectivity index (χ0n) is 11.0. The number of carbonyl (C=O) groups is 1. The molecule has 0 N–H and O–H groups in total. The van der Waals surface area contributed by atoms with Gasteiger partial charge in [0.2, 0.25) is 0 Å². The zero-order chi connectivity index (χ0) is 15.1. The van der Waals surface area contributed by atoms with Crippen LogP contribution in [-0.2, 0) is 0 Å². The van der Waals surface area contributed by atoms with Crippen LogP contribution < -0.4 is 0 Å². The number of nitrogens with zero attached hydrogens (tertiary/aromatic N) is 1. The maximum Gasteiger partial charge on any atom is 0.673 e. The molecule has 0 aromatic heterocycles. The third kappa shape index (κ3) is 9.99. The first kappa shape index (κ1) is 17.3. The summed E-state index contributed by atoms with van der Waals surface area (Å²) in [4.78, 5) is 11.7. The fraction of sp³-hybridized carbons (Fsp3) is 0.333. The van der Waals surface area contributed by atoms with Crippen molar-refractivity contribution in [2.75, 3.05) is 14.1 Å². The van der Waals surface area contributed by atoms with Gasteiger partial charge in [-0.15, -0.1) is 0 Å². The summed E-state index contributed by atoms with van der Waals surface area (Å²) < 4.78 is 41.0. The third-order valence-corrected chi connectivity index (χ3v) is 2.28. The molecule has 1 rings (SSSR count). The molecule has 0 unspecified atom stereocenters. The Kier molecular flexibility index (Phi) is 7.04. The third-order valence-electron chi connectivity index (χ3n) is 2.28. The van der Waals surface area contributed by atoms with E-state index < -0.39 is 7.25 Å². The number of benzene rings is 1. The van der Waals surface area contributed by atoms with E-state index in [2.05, 4.69) is 0 Å². The fourth-order valence-electron chi connectivity index (χ4n) is 1.12. The Morgan fingerprint density at radius 3 is 1.89 bits per heavy atom. The first-order valence-corrected chi connectivity index (χ1v) is 5.56. The summed E-state index contributed by atoms with van der Waals surface area (Å²) in [5, 5.41) is 0. The highest BCUT2D eigenvalue weighted by atomic mass is 19.5. The average Bonchev–Trinajstić information content (AvgIpc) is 2.27. The van der Waals surface area contributed by atoms with Crippen LogP contribution in [0.4, 0.5) is 17.3 Å². The Balaban J connectivity index is 0.000000555. The van der Waals surface area contributed by atoms with Crippen molar-refractivity contribution in [2.24, 2.45) is 0 Å². The van der Waals surface area contributed by atoms with Crippen molar-refractivity contribution in [2.45, 2.75) is 13.3 Å². The van der Waals surface area contributed by atoms with Gasteiger partial charge >= 0.3 is 7.25 Å². The van der Waals surface area contributed by atoms with Crippen LogP contribution in [0.5, 0.6) is 0 Å². The van der Waals surface area contributed by atoms with E-state index in [-0.39, 0.29) is 5.78 Å². The number of rotatable bonds is 3. The minimum absolute atomic E-state index is 0.178. The summed E-state index contributed by atoms with van der Waals surface area (Å²) >= 11 is 0. The van der Waals surface area contributed by atoms with E-state index in [1.807, 2.05) is 55.9 Å². The molecule has 0 fully saturated rings. The predicted molar refractivity (Wildman–Crippen MR) is 68.4 cm³/mol. The lowest BCUT2D eigenvalue weighted by atomic mass is 10.1. The molecule has 0 saturated heterocycles. The molecular formula is C12H16BF4NO. The monoisotopic (exact) mass is 277 g/mol. The number of hydrogen-bond acceptors (Lipinski definition) is 1. The Labute approximate surface area is 109 Å². The molecule has 106 valence electrons. The molecule has 0 atom stereocenters. The van der Waals surface area contributed by atoms with Crippen LogP contribution in [0.15, 0.2) is 30.3 Å². The summed E-state index contributed by atoms with van der Waals surface area (Å²) in [6.07, 6.45) is 0.497. The largest absolute Gasteiger partial charge is 0.673 e. The molecule has 0 aliphatic heterocycles. The molecule has 0 heterocycles. The van der Waals surface area contributed by atoms with Crippen LogP contribution in [0.2, 0.25) is 0 Å². The van der Waals surface area contributed by atoms with Crippen molar-refractivity contribution in [3.05, 3.63) is 35.9 Å². The number of carbonyl (C=O) groups excluding carboxylic acids is 1. The van der Waals surface area contributed by atoms with Gasteiger partial charge < -0.3 is 17.3 Å². The molecule has 0 aliphatic carbocycles. The van der Waals surface area contributed by atoms with Crippen LogP contribution in [0, 0.1) is 0 Å². The standard InChI is InChI=1S/C12H16NO.BF4/c1-10(13(2)3)9-12(14)11-7-5-4-6-8-11;2-1(3,4)5/h4-8H,9H2,1-3H3;/q+1;-1. The normalized spacial score (nSPS) is 10.3. The Bertz CT molecular complexity index is 433. The zero-order valence-corrected chi connectivity index (χ0v) is 11.0. The van der Waals surface area contributed by atoms with Crippen molar-refractivity contribution in [1.82, 2.24) is 0 Å². The van der Waals surface area contributed by atoms with Crippen LogP contribution in [0.25, 0.3) is 0 Å². The molecule has 0 radical (unpaired) electrons. The average molecular weight is 277 g/mol. The van der Waals surface area contributed by atoms with Crippen LogP contribution in [0.3, 0.4) is 0 Å². The fourth-order valence-corrected chi connectivity index (χ4v) is 1.12. The van der Waals surface area contributed by atoms with Crippen molar-refractivity contribution in [3.63, 3.8) is 0 Å². The second kappa shape index (κ2) is 7.71. The highest BCUT2D eigenvalue weighted by Gasteiger charge is 2.20. The van der Waals surface area contributed by atoms with Crippen molar-refractivity contribution in [1.29, 1.82) is 0 Å².